The Hall–Kier alpha value is -3.66. The van der Waals surface area contributed by atoms with E-state index in [2.05, 4.69) is 20.0 Å². The number of methoxy groups -OCH3 is 1. The highest BCUT2D eigenvalue weighted by Gasteiger charge is 2.20. The molecule has 168 valence electrons. The molecule has 0 aliphatic carbocycles. The summed E-state index contributed by atoms with van der Waals surface area (Å²) < 4.78 is 38.3. The molecule has 0 spiro atoms. The van der Waals surface area contributed by atoms with Crippen LogP contribution >= 0.6 is 0 Å². The van der Waals surface area contributed by atoms with Gasteiger partial charge in [0.1, 0.15) is 17.9 Å². The number of nitrogens with zero attached hydrogens (tertiary/aromatic N) is 2. The monoisotopic (exact) mass is 456 g/mol. The summed E-state index contributed by atoms with van der Waals surface area (Å²) in [4.78, 5) is 20.3. The molecule has 0 bridgehead atoms. The van der Waals surface area contributed by atoms with Crippen molar-refractivity contribution >= 4 is 27.4 Å². The molecule has 0 aliphatic rings. The van der Waals surface area contributed by atoms with E-state index >= 15 is 0 Å². The van der Waals surface area contributed by atoms with Crippen LogP contribution < -0.4 is 19.5 Å². The summed E-state index contributed by atoms with van der Waals surface area (Å²) in [7, 11) is -2.46. The number of amides is 1. The van der Waals surface area contributed by atoms with E-state index in [-0.39, 0.29) is 22.5 Å². The Morgan fingerprint density at radius 1 is 1.09 bits per heavy atom. The van der Waals surface area contributed by atoms with Gasteiger partial charge in [0, 0.05) is 11.8 Å². The zero-order valence-electron chi connectivity index (χ0n) is 17.9. The van der Waals surface area contributed by atoms with Gasteiger partial charge in [-0.3, -0.25) is 9.52 Å². The molecule has 1 amide bonds. The number of nitrogens with one attached hydrogen (secondary N) is 2. The first-order valence-electron chi connectivity index (χ1n) is 9.84. The zero-order chi connectivity index (χ0) is 23.1. The highest BCUT2D eigenvalue weighted by molar-refractivity contribution is 7.92. The number of benzene rings is 2. The van der Waals surface area contributed by atoms with E-state index in [1.54, 1.807) is 6.07 Å². The SMILES string of the molecule is CCC(Oc1cccc(C)c1)C(=O)Nc1ccc(S(=O)(=O)Nc2cc(OC)ncn2)cc1. The lowest BCUT2D eigenvalue weighted by Gasteiger charge is -2.17. The predicted octanol–water partition coefficient (Wildman–Crippen LogP) is 3.39. The number of sulfonamides is 1. The van der Waals surface area contributed by atoms with Crippen LogP contribution in [0.1, 0.15) is 18.9 Å². The number of ether oxygens (including phenoxy) is 2. The first-order chi connectivity index (χ1) is 15.3. The number of rotatable bonds is 9. The first-order valence-corrected chi connectivity index (χ1v) is 11.3. The lowest BCUT2D eigenvalue weighted by molar-refractivity contribution is -0.122. The van der Waals surface area contributed by atoms with Gasteiger partial charge in [0.2, 0.25) is 5.88 Å². The van der Waals surface area contributed by atoms with E-state index in [1.807, 2.05) is 32.0 Å². The maximum absolute atomic E-state index is 12.6. The van der Waals surface area contributed by atoms with Crippen molar-refractivity contribution in [3.63, 3.8) is 0 Å². The van der Waals surface area contributed by atoms with E-state index in [9.17, 15) is 13.2 Å². The number of carbonyl (C=O) groups is 1. The molecule has 0 radical (unpaired) electrons. The molecule has 0 fully saturated rings. The topological polar surface area (TPSA) is 120 Å². The molecule has 3 rings (SSSR count). The largest absolute Gasteiger partial charge is 0.481 e. The third-order valence-corrected chi connectivity index (χ3v) is 5.82. The Morgan fingerprint density at radius 3 is 2.50 bits per heavy atom. The molecule has 1 unspecified atom stereocenters. The molecule has 0 aliphatic heterocycles. The summed E-state index contributed by atoms with van der Waals surface area (Å²) in [6.45, 7) is 3.79. The summed E-state index contributed by atoms with van der Waals surface area (Å²) in [5.74, 6) is 0.596. The Morgan fingerprint density at radius 2 is 1.84 bits per heavy atom. The van der Waals surface area contributed by atoms with Crippen molar-refractivity contribution in [3.8, 4) is 11.6 Å². The minimum absolute atomic E-state index is 0.0103. The first kappa shape index (κ1) is 23.0. The third kappa shape index (κ3) is 5.94. The normalized spacial score (nSPS) is 12.0. The number of hydrogen-bond acceptors (Lipinski definition) is 7. The average molecular weight is 457 g/mol. The van der Waals surface area contributed by atoms with Gasteiger partial charge in [0.25, 0.3) is 15.9 Å². The molecule has 0 saturated heterocycles. The molecular weight excluding hydrogens is 432 g/mol. The second-order valence-electron chi connectivity index (χ2n) is 6.90. The zero-order valence-corrected chi connectivity index (χ0v) is 18.7. The van der Waals surface area contributed by atoms with Crippen LogP contribution in [0, 0.1) is 6.92 Å². The standard InChI is InChI=1S/C22H24N4O5S/c1-4-19(31-17-7-5-6-15(2)12-17)22(27)25-16-8-10-18(11-9-16)32(28,29)26-20-13-21(30-3)24-14-23-20/h5-14,19H,4H2,1-3H3,(H,25,27)(H,23,24,26). The van der Waals surface area contributed by atoms with Crippen LogP contribution in [0.3, 0.4) is 0 Å². The van der Waals surface area contributed by atoms with Crippen molar-refractivity contribution in [1.29, 1.82) is 0 Å². The van der Waals surface area contributed by atoms with Crippen LogP contribution in [0.5, 0.6) is 11.6 Å². The van der Waals surface area contributed by atoms with Crippen molar-refractivity contribution in [1.82, 2.24) is 9.97 Å². The molecule has 1 atom stereocenters. The van der Waals surface area contributed by atoms with Gasteiger partial charge in [-0.1, -0.05) is 19.1 Å². The van der Waals surface area contributed by atoms with Crippen LogP contribution in [0.15, 0.2) is 65.8 Å². The van der Waals surface area contributed by atoms with Crippen molar-refractivity contribution in [2.75, 3.05) is 17.1 Å². The summed E-state index contributed by atoms with van der Waals surface area (Å²) in [5, 5.41) is 2.75. The molecule has 3 aromatic rings. The van der Waals surface area contributed by atoms with E-state index in [0.29, 0.717) is 17.9 Å². The van der Waals surface area contributed by atoms with Crippen molar-refractivity contribution in [2.45, 2.75) is 31.3 Å². The molecule has 2 N–H and O–H groups in total. The quantitative estimate of drug-likeness (QED) is 0.506. The maximum atomic E-state index is 12.6. The third-order valence-electron chi connectivity index (χ3n) is 4.45. The van der Waals surface area contributed by atoms with Gasteiger partial charge in [0.15, 0.2) is 6.10 Å². The van der Waals surface area contributed by atoms with Gasteiger partial charge in [-0.2, -0.15) is 0 Å². The van der Waals surface area contributed by atoms with Gasteiger partial charge in [-0.05, 0) is 55.3 Å². The Balaban J connectivity index is 1.66. The molecule has 32 heavy (non-hydrogen) atoms. The Kier molecular flexibility index (Phi) is 7.26. The maximum Gasteiger partial charge on any atom is 0.265 e. The van der Waals surface area contributed by atoms with Crippen molar-refractivity contribution in [2.24, 2.45) is 0 Å². The van der Waals surface area contributed by atoms with Gasteiger partial charge in [0.05, 0.1) is 12.0 Å². The van der Waals surface area contributed by atoms with Crippen molar-refractivity contribution in [3.05, 3.63) is 66.5 Å². The molecule has 10 heteroatoms. The van der Waals surface area contributed by atoms with E-state index in [4.69, 9.17) is 9.47 Å². The van der Waals surface area contributed by atoms with E-state index in [1.165, 1.54) is 43.8 Å². The van der Waals surface area contributed by atoms with Gasteiger partial charge >= 0.3 is 0 Å². The van der Waals surface area contributed by atoms with Crippen LogP contribution in [0.2, 0.25) is 0 Å². The lowest BCUT2D eigenvalue weighted by atomic mass is 10.2. The van der Waals surface area contributed by atoms with Gasteiger partial charge in [-0.15, -0.1) is 0 Å². The van der Waals surface area contributed by atoms with Crippen LogP contribution in [-0.4, -0.2) is 37.5 Å². The number of aromatic nitrogens is 2. The molecular formula is C22H24N4O5S. The fraction of sp³-hybridized carbons (Fsp3) is 0.227. The van der Waals surface area contributed by atoms with Crippen LogP contribution in [-0.2, 0) is 14.8 Å². The van der Waals surface area contributed by atoms with Gasteiger partial charge in [-0.25, -0.2) is 18.4 Å². The fourth-order valence-corrected chi connectivity index (χ4v) is 3.82. The van der Waals surface area contributed by atoms with E-state index in [0.717, 1.165) is 5.56 Å². The van der Waals surface area contributed by atoms with Crippen LogP contribution in [0.25, 0.3) is 0 Å². The summed E-state index contributed by atoms with van der Waals surface area (Å²) >= 11 is 0. The van der Waals surface area contributed by atoms with Gasteiger partial charge < -0.3 is 14.8 Å². The number of hydrogen-bond donors (Lipinski definition) is 2. The molecule has 1 heterocycles. The molecule has 2 aromatic carbocycles. The lowest BCUT2D eigenvalue weighted by Crippen LogP contribution is -2.32. The Labute approximate surface area is 186 Å². The second-order valence-corrected chi connectivity index (χ2v) is 8.58. The van der Waals surface area contributed by atoms with Crippen molar-refractivity contribution < 1.29 is 22.7 Å². The summed E-state index contributed by atoms with van der Waals surface area (Å²) in [5.41, 5.74) is 1.48. The minimum atomic E-state index is -3.88. The van der Waals surface area contributed by atoms with Crippen LogP contribution in [0.4, 0.5) is 11.5 Å². The smallest absolute Gasteiger partial charge is 0.265 e. The number of aryl methyl sites for hydroxylation is 1. The summed E-state index contributed by atoms with van der Waals surface area (Å²) in [6.07, 6.45) is 0.978. The molecule has 1 aromatic heterocycles. The van der Waals surface area contributed by atoms with E-state index < -0.39 is 16.1 Å². The predicted molar refractivity (Wildman–Crippen MR) is 120 cm³/mol. The highest BCUT2D eigenvalue weighted by atomic mass is 32.2. The number of anilines is 2. The average Bonchev–Trinajstić information content (AvgIpc) is 2.77. The second kappa shape index (κ2) is 10.1. The Bertz CT molecular complexity index is 1180. The minimum Gasteiger partial charge on any atom is -0.481 e. The molecule has 9 nitrogen and oxygen atoms in total. The molecule has 0 saturated carbocycles. The summed E-state index contributed by atoms with van der Waals surface area (Å²) in [6, 6.07) is 14.6. The highest BCUT2D eigenvalue weighted by Crippen LogP contribution is 2.20. The number of carbonyl (C=O) groups excluding carboxylic acids is 1. The fourth-order valence-electron chi connectivity index (χ4n) is 2.82.